The van der Waals surface area contributed by atoms with Crippen molar-refractivity contribution in [2.75, 3.05) is 0 Å². The molecule has 3 N–H and O–H groups in total. The molecule has 0 aliphatic heterocycles. The summed E-state index contributed by atoms with van der Waals surface area (Å²) in [5.74, 6) is 1.52. The van der Waals surface area contributed by atoms with Gasteiger partial charge in [-0.05, 0) is 19.3 Å². The van der Waals surface area contributed by atoms with Crippen LogP contribution >= 0.6 is 0 Å². The molecule has 1 fully saturated rings. The van der Waals surface area contributed by atoms with Crippen molar-refractivity contribution < 1.29 is 0 Å². The summed E-state index contributed by atoms with van der Waals surface area (Å²) in [5.41, 5.74) is 5.77. The average Bonchev–Trinajstić information content (AvgIpc) is 2.55. The molecule has 2 atom stereocenters. The van der Waals surface area contributed by atoms with Crippen LogP contribution in [0.3, 0.4) is 0 Å². The van der Waals surface area contributed by atoms with Gasteiger partial charge in [0.2, 0.25) is 0 Å². The molecule has 1 aliphatic carbocycles. The van der Waals surface area contributed by atoms with Crippen molar-refractivity contribution in [2.45, 2.75) is 31.2 Å². The molecule has 1 heterocycles. The minimum absolute atomic E-state index is 0.366. The van der Waals surface area contributed by atoms with E-state index in [1.165, 1.54) is 0 Å². The molecule has 0 spiro atoms. The summed E-state index contributed by atoms with van der Waals surface area (Å²) < 4.78 is 0. The number of hydrogen-bond acceptors (Lipinski definition) is 3. The minimum atomic E-state index is 0.366. The molecule has 0 amide bonds. The van der Waals surface area contributed by atoms with E-state index >= 15 is 0 Å². The molecule has 4 nitrogen and oxygen atoms in total. The van der Waals surface area contributed by atoms with Crippen LogP contribution in [0, 0.1) is 0 Å². The predicted octanol–water partition coefficient (Wildman–Crippen LogP) is 0.399. The van der Waals surface area contributed by atoms with E-state index in [2.05, 4.69) is 15.2 Å². The standard InChI is InChI=1S/C7H12N4/c8-6-2-1-5(3-6)7-9-4-10-11-7/h4-6H,1-3,8H2,(H,9,10,11)/t5-,6+/m1/s1. The second-order valence-electron chi connectivity index (χ2n) is 3.14. The van der Waals surface area contributed by atoms with Crippen LogP contribution in [-0.4, -0.2) is 21.2 Å². The average molecular weight is 152 g/mol. The summed E-state index contributed by atoms with van der Waals surface area (Å²) >= 11 is 0. The van der Waals surface area contributed by atoms with Crippen LogP contribution in [0.4, 0.5) is 0 Å². The third-order valence-corrected chi connectivity index (χ3v) is 2.29. The first-order valence-electron chi connectivity index (χ1n) is 3.97. The topological polar surface area (TPSA) is 67.6 Å². The summed E-state index contributed by atoms with van der Waals surface area (Å²) in [5, 5.41) is 6.70. The Labute approximate surface area is 65.2 Å². The first-order valence-corrected chi connectivity index (χ1v) is 3.97. The van der Waals surface area contributed by atoms with Gasteiger partial charge < -0.3 is 5.73 Å². The minimum Gasteiger partial charge on any atom is -0.328 e. The molecule has 0 aromatic carbocycles. The van der Waals surface area contributed by atoms with Gasteiger partial charge in [-0.1, -0.05) is 0 Å². The van der Waals surface area contributed by atoms with Gasteiger partial charge in [0.25, 0.3) is 0 Å². The first kappa shape index (κ1) is 6.79. The van der Waals surface area contributed by atoms with E-state index in [9.17, 15) is 0 Å². The molecule has 60 valence electrons. The van der Waals surface area contributed by atoms with Crippen LogP contribution in [0.15, 0.2) is 6.33 Å². The molecule has 0 saturated heterocycles. The molecule has 11 heavy (non-hydrogen) atoms. The molecule has 1 aromatic rings. The van der Waals surface area contributed by atoms with Gasteiger partial charge >= 0.3 is 0 Å². The van der Waals surface area contributed by atoms with Crippen LogP contribution in [0.1, 0.15) is 31.0 Å². The Morgan fingerprint density at radius 1 is 1.55 bits per heavy atom. The van der Waals surface area contributed by atoms with E-state index in [0.717, 1.165) is 25.1 Å². The molecular formula is C7H12N4. The van der Waals surface area contributed by atoms with Gasteiger partial charge in [-0.2, -0.15) is 5.10 Å². The fourth-order valence-corrected chi connectivity index (χ4v) is 1.68. The Hall–Kier alpha value is -0.900. The van der Waals surface area contributed by atoms with Crippen molar-refractivity contribution in [1.29, 1.82) is 0 Å². The molecule has 0 unspecified atom stereocenters. The third-order valence-electron chi connectivity index (χ3n) is 2.29. The van der Waals surface area contributed by atoms with Gasteiger partial charge in [-0.15, -0.1) is 0 Å². The first-order chi connectivity index (χ1) is 5.36. The van der Waals surface area contributed by atoms with Gasteiger partial charge in [0.05, 0.1) is 0 Å². The number of aromatic amines is 1. The van der Waals surface area contributed by atoms with E-state index in [-0.39, 0.29) is 0 Å². The molecule has 0 bridgehead atoms. The molecule has 2 rings (SSSR count). The molecule has 0 radical (unpaired) electrons. The zero-order valence-electron chi connectivity index (χ0n) is 6.33. The van der Waals surface area contributed by atoms with Gasteiger partial charge in [0.15, 0.2) is 0 Å². The molecule has 1 aliphatic rings. The van der Waals surface area contributed by atoms with Crippen molar-refractivity contribution in [3.63, 3.8) is 0 Å². The second-order valence-corrected chi connectivity index (χ2v) is 3.14. The number of nitrogens with zero attached hydrogens (tertiary/aromatic N) is 2. The smallest absolute Gasteiger partial charge is 0.137 e. The lowest BCUT2D eigenvalue weighted by molar-refractivity contribution is 0.645. The largest absolute Gasteiger partial charge is 0.328 e. The van der Waals surface area contributed by atoms with E-state index in [1.54, 1.807) is 6.33 Å². The quantitative estimate of drug-likeness (QED) is 0.612. The lowest BCUT2D eigenvalue weighted by atomic mass is 10.1. The van der Waals surface area contributed by atoms with Crippen molar-refractivity contribution in [1.82, 2.24) is 15.2 Å². The van der Waals surface area contributed by atoms with E-state index in [1.807, 2.05) is 0 Å². The van der Waals surface area contributed by atoms with E-state index < -0.39 is 0 Å². The maximum atomic E-state index is 5.77. The molecule has 1 saturated carbocycles. The number of hydrogen-bond donors (Lipinski definition) is 2. The van der Waals surface area contributed by atoms with Crippen LogP contribution < -0.4 is 5.73 Å². The summed E-state index contributed by atoms with van der Waals surface area (Å²) in [7, 11) is 0. The maximum Gasteiger partial charge on any atom is 0.137 e. The number of rotatable bonds is 1. The maximum absolute atomic E-state index is 5.77. The van der Waals surface area contributed by atoms with Gasteiger partial charge in [-0.25, -0.2) is 4.98 Å². The highest BCUT2D eigenvalue weighted by atomic mass is 15.2. The number of aromatic nitrogens is 3. The lowest BCUT2D eigenvalue weighted by Gasteiger charge is -2.03. The zero-order chi connectivity index (χ0) is 7.68. The van der Waals surface area contributed by atoms with Crippen LogP contribution in [0.2, 0.25) is 0 Å². The zero-order valence-corrected chi connectivity index (χ0v) is 6.33. The highest BCUT2D eigenvalue weighted by Gasteiger charge is 2.24. The Kier molecular flexibility index (Phi) is 1.62. The van der Waals surface area contributed by atoms with Crippen molar-refractivity contribution >= 4 is 0 Å². The summed E-state index contributed by atoms with van der Waals surface area (Å²) in [6, 6.07) is 0.366. The number of H-pyrrole nitrogens is 1. The van der Waals surface area contributed by atoms with Crippen LogP contribution in [-0.2, 0) is 0 Å². The normalized spacial score (nSPS) is 31.0. The Balaban J connectivity index is 2.08. The Morgan fingerprint density at radius 3 is 3.00 bits per heavy atom. The van der Waals surface area contributed by atoms with Crippen LogP contribution in [0.5, 0.6) is 0 Å². The van der Waals surface area contributed by atoms with Crippen molar-refractivity contribution in [3.8, 4) is 0 Å². The van der Waals surface area contributed by atoms with Gasteiger partial charge in [0, 0.05) is 12.0 Å². The van der Waals surface area contributed by atoms with E-state index in [0.29, 0.717) is 12.0 Å². The Bertz CT molecular complexity index is 218. The second kappa shape index (κ2) is 2.62. The Morgan fingerprint density at radius 2 is 2.45 bits per heavy atom. The molecule has 4 heteroatoms. The third kappa shape index (κ3) is 1.26. The summed E-state index contributed by atoms with van der Waals surface area (Å²) in [6.45, 7) is 0. The molecule has 1 aromatic heterocycles. The highest BCUT2D eigenvalue weighted by Crippen LogP contribution is 2.30. The lowest BCUT2D eigenvalue weighted by Crippen LogP contribution is -2.14. The monoisotopic (exact) mass is 152 g/mol. The van der Waals surface area contributed by atoms with E-state index in [4.69, 9.17) is 5.73 Å². The van der Waals surface area contributed by atoms with Crippen molar-refractivity contribution in [2.24, 2.45) is 5.73 Å². The van der Waals surface area contributed by atoms with Gasteiger partial charge in [-0.3, -0.25) is 5.10 Å². The number of nitrogens with one attached hydrogen (secondary N) is 1. The fraction of sp³-hybridized carbons (Fsp3) is 0.714. The SMILES string of the molecule is N[C@H]1CC[C@@H](c2ncn[nH]2)C1. The number of nitrogens with two attached hydrogens (primary N) is 1. The summed E-state index contributed by atoms with van der Waals surface area (Å²) in [6.07, 6.45) is 4.87. The van der Waals surface area contributed by atoms with Crippen LogP contribution in [0.25, 0.3) is 0 Å². The van der Waals surface area contributed by atoms with Crippen molar-refractivity contribution in [3.05, 3.63) is 12.2 Å². The fourth-order valence-electron chi connectivity index (χ4n) is 1.68. The summed E-state index contributed by atoms with van der Waals surface area (Å²) in [4.78, 5) is 4.11. The highest BCUT2D eigenvalue weighted by molar-refractivity contribution is 4.98. The van der Waals surface area contributed by atoms with Gasteiger partial charge in [0.1, 0.15) is 12.2 Å². The predicted molar refractivity (Wildman–Crippen MR) is 41.0 cm³/mol. The molecular weight excluding hydrogens is 140 g/mol.